The van der Waals surface area contributed by atoms with Crippen LogP contribution in [-0.2, 0) is 0 Å². The van der Waals surface area contributed by atoms with Crippen LogP contribution in [0.1, 0.15) is 10.5 Å². The largest absolute Gasteiger partial charge is 0.493 e. The van der Waals surface area contributed by atoms with Crippen LogP contribution in [0.3, 0.4) is 0 Å². The summed E-state index contributed by atoms with van der Waals surface area (Å²) in [5, 5.41) is 7.44. The number of carbonyl (C=O) groups excluding carboxylic acids is 1. The molecule has 3 aromatic carbocycles. The summed E-state index contributed by atoms with van der Waals surface area (Å²) in [6, 6.07) is 14.6. The number of methoxy groups -OCH3 is 3. The van der Waals surface area contributed by atoms with E-state index in [2.05, 4.69) is 15.4 Å². The Kier molecular flexibility index (Phi) is 6.96. The molecule has 5 aromatic rings. The van der Waals surface area contributed by atoms with Gasteiger partial charge in [-0.15, -0.1) is 0 Å². The van der Waals surface area contributed by atoms with Crippen molar-refractivity contribution in [3.8, 4) is 34.4 Å². The van der Waals surface area contributed by atoms with Crippen molar-refractivity contribution in [3.05, 3.63) is 90.4 Å². The first-order valence-electron chi connectivity index (χ1n) is 11.6. The van der Waals surface area contributed by atoms with Gasteiger partial charge in [0.05, 0.1) is 38.7 Å². The van der Waals surface area contributed by atoms with E-state index in [9.17, 15) is 9.18 Å². The molecule has 9 nitrogen and oxygen atoms in total. The maximum absolute atomic E-state index is 15.0. The number of benzene rings is 3. The molecule has 0 bridgehead atoms. The number of hydrogen-bond acceptors (Lipinski definition) is 7. The maximum atomic E-state index is 15.0. The highest BCUT2D eigenvalue weighted by atomic mass is 19.1. The maximum Gasteiger partial charge on any atom is 0.280 e. The molecule has 2 aromatic heterocycles. The number of nitrogens with one attached hydrogen (secondary N) is 1. The predicted molar refractivity (Wildman–Crippen MR) is 139 cm³/mol. The van der Waals surface area contributed by atoms with E-state index >= 15 is 4.39 Å². The van der Waals surface area contributed by atoms with Crippen LogP contribution in [0.15, 0.2) is 73.1 Å². The lowest BCUT2D eigenvalue weighted by molar-refractivity contribution is 0.101. The second-order valence-corrected chi connectivity index (χ2v) is 8.20. The van der Waals surface area contributed by atoms with E-state index in [0.29, 0.717) is 33.8 Å². The summed E-state index contributed by atoms with van der Waals surface area (Å²) in [4.78, 5) is 17.2. The van der Waals surface area contributed by atoms with Gasteiger partial charge in [0.25, 0.3) is 5.91 Å². The zero-order valence-corrected chi connectivity index (χ0v) is 21.1. The lowest BCUT2D eigenvalue weighted by atomic mass is 10.2. The minimum absolute atomic E-state index is 0.0322. The van der Waals surface area contributed by atoms with Gasteiger partial charge in [-0.1, -0.05) is 0 Å². The van der Waals surface area contributed by atoms with Crippen molar-refractivity contribution in [1.29, 1.82) is 0 Å². The molecule has 0 fully saturated rings. The topological polar surface area (TPSA) is 96.7 Å². The van der Waals surface area contributed by atoms with Crippen LogP contribution in [0.2, 0.25) is 0 Å². The van der Waals surface area contributed by atoms with E-state index in [0.717, 1.165) is 6.07 Å². The molecule has 39 heavy (non-hydrogen) atoms. The van der Waals surface area contributed by atoms with Gasteiger partial charge in [0.2, 0.25) is 0 Å². The molecular weight excluding hydrogens is 510 g/mol. The summed E-state index contributed by atoms with van der Waals surface area (Å²) >= 11 is 0. The van der Waals surface area contributed by atoms with Crippen LogP contribution in [0.5, 0.6) is 28.7 Å². The van der Waals surface area contributed by atoms with E-state index < -0.39 is 17.5 Å². The molecule has 1 amide bonds. The second-order valence-electron chi connectivity index (χ2n) is 8.20. The fraction of sp³-hybridized carbons (Fsp3) is 0.107. The number of carbonyl (C=O) groups is 1. The van der Waals surface area contributed by atoms with E-state index in [1.165, 1.54) is 74.8 Å². The highest BCUT2D eigenvalue weighted by Crippen LogP contribution is 2.37. The molecule has 198 valence electrons. The van der Waals surface area contributed by atoms with Crippen molar-refractivity contribution in [3.63, 3.8) is 0 Å². The van der Waals surface area contributed by atoms with Gasteiger partial charge in [-0.25, -0.2) is 13.5 Å². The number of anilines is 1. The summed E-state index contributed by atoms with van der Waals surface area (Å²) in [6.07, 6.45) is 3.03. The number of pyridine rings is 1. The number of fused-ring (bicyclic) bond motifs is 1. The fourth-order valence-corrected chi connectivity index (χ4v) is 3.90. The first-order chi connectivity index (χ1) is 18.9. The van der Waals surface area contributed by atoms with Crippen LogP contribution in [0.25, 0.3) is 16.6 Å². The average molecular weight is 533 g/mol. The Hall–Kier alpha value is -5.19. The van der Waals surface area contributed by atoms with Crippen LogP contribution < -0.4 is 24.3 Å². The lowest BCUT2D eigenvalue weighted by Gasteiger charge is -2.13. The number of nitrogens with zero attached hydrogens (tertiary/aromatic N) is 3. The summed E-state index contributed by atoms with van der Waals surface area (Å²) in [6.45, 7) is 0. The number of ether oxygens (including phenoxy) is 4. The number of hydrogen-bond donors (Lipinski definition) is 1. The SMILES string of the molecule is COc1cc2nccc(Oc3ccc(NC(=O)c4nn(-c5ccc(F)cc5)cc4OC)cc3F)c2cc1OC. The molecule has 11 heteroatoms. The van der Waals surface area contributed by atoms with Gasteiger partial charge in [0.15, 0.2) is 34.5 Å². The normalized spacial score (nSPS) is 10.8. The number of rotatable bonds is 8. The minimum atomic E-state index is -0.706. The van der Waals surface area contributed by atoms with Crippen LogP contribution in [0, 0.1) is 11.6 Å². The molecule has 1 N–H and O–H groups in total. The monoisotopic (exact) mass is 532 g/mol. The Labute approximate surface area is 221 Å². The van der Waals surface area contributed by atoms with Crippen LogP contribution in [0.4, 0.5) is 14.5 Å². The van der Waals surface area contributed by atoms with Crippen molar-refractivity contribution in [2.75, 3.05) is 26.6 Å². The molecule has 0 aliphatic heterocycles. The van der Waals surface area contributed by atoms with E-state index in [1.807, 2.05) is 0 Å². The molecule has 0 saturated carbocycles. The fourth-order valence-electron chi connectivity index (χ4n) is 3.90. The molecule has 0 aliphatic rings. The third-order valence-electron chi connectivity index (χ3n) is 5.82. The summed E-state index contributed by atoms with van der Waals surface area (Å²) in [7, 11) is 4.42. The van der Waals surface area contributed by atoms with Crippen LogP contribution >= 0.6 is 0 Å². The number of amides is 1. The van der Waals surface area contributed by atoms with Gasteiger partial charge in [-0.3, -0.25) is 9.78 Å². The zero-order chi connectivity index (χ0) is 27.5. The first-order valence-corrected chi connectivity index (χ1v) is 11.6. The second kappa shape index (κ2) is 10.7. The third-order valence-corrected chi connectivity index (χ3v) is 5.82. The molecule has 0 unspecified atom stereocenters. The van der Waals surface area contributed by atoms with Gasteiger partial charge in [0.1, 0.15) is 11.6 Å². The van der Waals surface area contributed by atoms with E-state index in [4.69, 9.17) is 18.9 Å². The Balaban J connectivity index is 1.37. The molecule has 0 spiro atoms. The lowest BCUT2D eigenvalue weighted by Crippen LogP contribution is -2.14. The summed E-state index contributed by atoms with van der Waals surface area (Å²) < 4.78 is 51.5. The highest BCUT2D eigenvalue weighted by Gasteiger charge is 2.20. The zero-order valence-electron chi connectivity index (χ0n) is 21.1. The van der Waals surface area contributed by atoms with Gasteiger partial charge in [-0.2, -0.15) is 5.10 Å². The Morgan fingerprint density at radius 1 is 0.821 bits per heavy atom. The molecular formula is C28H22F2N4O5. The quantitative estimate of drug-likeness (QED) is 0.271. The average Bonchev–Trinajstić information content (AvgIpc) is 3.39. The smallest absolute Gasteiger partial charge is 0.280 e. The van der Waals surface area contributed by atoms with Crippen molar-refractivity contribution < 1.29 is 32.5 Å². The Morgan fingerprint density at radius 3 is 2.23 bits per heavy atom. The third kappa shape index (κ3) is 5.14. The molecule has 0 radical (unpaired) electrons. The van der Waals surface area contributed by atoms with Gasteiger partial charge in [0, 0.05) is 29.4 Å². The van der Waals surface area contributed by atoms with Crippen LogP contribution in [-0.4, -0.2) is 42.0 Å². The van der Waals surface area contributed by atoms with Crippen molar-refractivity contribution in [1.82, 2.24) is 14.8 Å². The Bertz CT molecular complexity index is 1670. The Morgan fingerprint density at radius 2 is 1.54 bits per heavy atom. The van der Waals surface area contributed by atoms with Gasteiger partial charge in [-0.05, 0) is 48.5 Å². The number of aromatic nitrogens is 3. The molecule has 0 atom stereocenters. The predicted octanol–water partition coefficient (Wildman–Crippen LogP) is 5.77. The molecule has 5 rings (SSSR count). The molecule has 0 aliphatic carbocycles. The molecule has 2 heterocycles. The van der Waals surface area contributed by atoms with Gasteiger partial charge < -0.3 is 24.3 Å². The first kappa shape index (κ1) is 25.5. The van der Waals surface area contributed by atoms with Crippen molar-refractivity contribution in [2.24, 2.45) is 0 Å². The highest BCUT2D eigenvalue weighted by molar-refractivity contribution is 6.04. The number of halogens is 2. The minimum Gasteiger partial charge on any atom is -0.493 e. The summed E-state index contributed by atoms with van der Waals surface area (Å²) in [5.74, 6) is -0.278. The standard InChI is InChI=1S/C28H22F2N4O5/c1-36-24-13-19-21(14-25(24)37-2)31-11-10-22(19)39-23-9-6-17(12-20(23)30)32-28(35)27-26(38-3)15-34(33-27)18-7-4-16(29)5-8-18/h4-15H,1-3H3,(H,32,35). The van der Waals surface area contributed by atoms with E-state index in [1.54, 1.807) is 18.2 Å². The summed E-state index contributed by atoms with van der Waals surface area (Å²) in [5.41, 5.74) is 1.24. The molecule has 0 saturated heterocycles. The van der Waals surface area contributed by atoms with Gasteiger partial charge >= 0.3 is 0 Å². The van der Waals surface area contributed by atoms with Crippen molar-refractivity contribution >= 4 is 22.5 Å². The van der Waals surface area contributed by atoms with E-state index in [-0.39, 0.29) is 22.9 Å². The van der Waals surface area contributed by atoms with Crippen molar-refractivity contribution in [2.45, 2.75) is 0 Å².